The lowest BCUT2D eigenvalue weighted by Crippen LogP contribution is -1.85. The van der Waals surface area contributed by atoms with Crippen LogP contribution in [0.1, 0.15) is 0 Å². The van der Waals surface area contributed by atoms with Crippen molar-refractivity contribution in [3.63, 3.8) is 0 Å². The molecule has 0 bridgehead atoms. The van der Waals surface area contributed by atoms with Gasteiger partial charge in [-0.15, -0.1) is 0 Å². The van der Waals surface area contributed by atoms with Gasteiger partial charge in [-0.3, -0.25) is 0 Å². The molecule has 3 heteroatoms. The van der Waals surface area contributed by atoms with Gasteiger partial charge < -0.3 is 9.84 Å². The van der Waals surface area contributed by atoms with Crippen molar-refractivity contribution in [1.29, 1.82) is 0 Å². The van der Waals surface area contributed by atoms with Crippen LogP contribution >= 0.6 is 11.6 Å². The number of phenols is 1. The van der Waals surface area contributed by atoms with Gasteiger partial charge in [0, 0.05) is 16.7 Å². The highest BCUT2D eigenvalue weighted by Gasteiger charge is 2.06. The summed E-state index contributed by atoms with van der Waals surface area (Å²) >= 11 is 5.87. The van der Waals surface area contributed by atoms with Crippen LogP contribution in [0.3, 0.4) is 0 Å². The first-order valence-corrected chi connectivity index (χ1v) is 6.92. The lowest BCUT2D eigenvalue weighted by molar-refractivity contribution is 0.456. The second-order valence-corrected chi connectivity index (χ2v) is 5.04. The van der Waals surface area contributed by atoms with E-state index in [1.807, 2.05) is 54.6 Å². The maximum absolute atomic E-state index is 10.2. The monoisotopic (exact) mass is 296 g/mol. The number of aromatic hydroxyl groups is 1. The molecule has 0 heterocycles. The Morgan fingerprint density at radius 1 is 0.762 bits per heavy atom. The average molecular weight is 297 g/mol. The lowest BCUT2D eigenvalue weighted by atomic mass is 10.0. The van der Waals surface area contributed by atoms with Gasteiger partial charge in [-0.05, 0) is 42.0 Å². The molecule has 0 atom stereocenters. The first kappa shape index (κ1) is 13.5. The van der Waals surface area contributed by atoms with E-state index >= 15 is 0 Å². The molecule has 0 aliphatic rings. The molecule has 0 fully saturated rings. The third-order valence-corrected chi connectivity index (χ3v) is 3.36. The predicted octanol–water partition coefficient (Wildman–Crippen LogP) is 5.50. The van der Waals surface area contributed by atoms with Crippen molar-refractivity contribution in [2.75, 3.05) is 0 Å². The van der Waals surface area contributed by atoms with E-state index in [2.05, 4.69) is 0 Å². The zero-order valence-electron chi connectivity index (χ0n) is 11.2. The van der Waals surface area contributed by atoms with Crippen LogP contribution in [-0.4, -0.2) is 5.11 Å². The molecule has 2 nitrogen and oxygen atoms in total. The quantitative estimate of drug-likeness (QED) is 0.691. The molecule has 0 aliphatic carbocycles. The molecule has 21 heavy (non-hydrogen) atoms. The highest BCUT2D eigenvalue weighted by Crippen LogP contribution is 2.34. The summed E-state index contributed by atoms with van der Waals surface area (Å²) in [7, 11) is 0. The van der Waals surface area contributed by atoms with E-state index in [0.29, 0.717) is 10.8 Å². The normalized spacial score (nSPS) is 10.3. The number of halogens is 1. The van der Waals surface area contributed by atoms with Gasteiger partial charge in [-0.1, -0.05) is 41.9 Å². The molecule has 3 aromatic rings. The van der Waals surface area contributed by atoms with E-state index < -0.39 is 0 Å². The summed E-state index contributed by atoms with van der Waals surface area (Å²) in [5.74, 6) is 1.50. The largest absolute Gasteiger partial charge is 0.507 e. The third-order valence-electron chi connectivity index (χ3n) is 3.10. The molecule has 0 aliphatic heterocycles. The number of benzene rings is 3. The van der Waals surface area contributed by atoms with Crippen LogP contribution in [-0.2, 0) is 0 Å². The second-order valence-electron chi connectivity index (χ2n) is 4.60. The summed E-state index contributed by atoms with van der Waals surface area (Å²) in [5, 5.41) is 10.8. The maximum atomic E-state index is 10.2. The Morgan fingerprint density at radius 3 is 2.14 bits per heavy atom. The summed E-state index contributed by atoms with van der Waals surface area (Å²) < 4.78 is 5.69. The van der Waals surface area contributed by atoms with E-state index in [-0.39, 0.29) is 5.75 Å². The van der Waals surface area contributed by atoms with E-state index in [1.165, 1.54) is 0 Å². The zero-order valence-corrected chi connectivity index (χ0v) is 11.9. The topological polar surface area (TPSA) is 29.5 Å². The van der Waals surface area contributed by atoms with Crippen molar-refractivity contribution in [2.24, 2.45) is 0 Å². The summed E-state index contributed by atoms with van der Waals surface area (Å²) in [5.41, 5.74) is 1.65. The number of hydrogen-bond acceptors (Lipinski definition) is 2. The molecule has 1 N–H and O–H groups in total. The summed E-state index contributed by atoms with van der Waals surface area (Å²) in [6, 6.07) is 22.1. The van der Waals surface area contributed by atoms with Crippen molar-refractivity contribution in [3.8, 4) is 28.4 Å². The van der Waals surface area contributed by atoms with Crippen molar-refractivity contribution in [2.45, 2.75) is 0 Å². The third kappa shape index (κ3) is 3.18. The molecule has 0 spiro atoms. The summed E-state index contributed by atoms with van der Waals surface area (Å²) in [4.78, 5) is 0. The SMILES string of the molecule is Oc1cc(Oc2ccccc2)ccc1-c1ccc(Cl)cc1. The average Bonchev–Trinajstić information content (AvgIpc) is 2.50. The second kappa shape index (κ2) is 5.90. The standard InChI is InChI=1S/C18H13ClO2/c19-14-8-6-13(7-9-14)17-11-10-16(12-18(17)20)21-15-4-2-1-3-5-15/h1-12,20H. The van der Waals surface area contributed by atoms with E-state index in [1.54, 1.807) is 18.2 Å². The van der Waals surface area contributed by atoms with E-state index in [9.17, 15) is 5.11 Å². The van der Waals surface area contributed by atoms with Crippen LogP contribution < -0.4 is 4.74 Å². The van der Waals surface area contributed by atoms with Crippen molar-refractivity contribution < 1.29 is 9.84 Å². The molecule has 3 rings (SSSR count). The van der Waals surface area contributed by atoms with Gasteiger partial charge in [0.05, 0.1) is 0 Å². The van der Waals surface area contributed by atoms with Crippen LogP contribution in [0, 0.1) is 0 Å². The fraction of sp³-hybridized carbons (Fsp3) is 0. The number of rotatable bonds is 3. The molecule has 0 amide bonds. The molecule has 0 saturated heterocycles. The number of hydrogen-bond donors (Lipinski definition) is 1. The van der Waals surface area contributed by atoms with Crippen molar-refractivity contribution >= 4 is 11.6 Å². The fourth-order valence-corrected chi connectivity index (χ4v) is 2.20. The summed E-state index contributed by atoms with van der Waals surface area (Å²) in [6.45, 7) is 0. The Bertz CT molecular complexity index is 737. The number of para-hydroxylation sites is 1. The number of ether oxygens (including phenoxy) is 1. The molecule has 0 saturated carbocycles. The lowest BCUT2D eigenvalue weighted by Gasteiger charge is -2.09. The zero-order chi connectivity index (χ0) is 14.7. The predicted molar refractivity (Wildman–Crippen MR) is 85.1 cm³/mol. The minimum Gasteiger partial charge on any atom is -0.507 e. The highest BCUT2D eigenvalue weighted by atomic mass is 35.5. The Balaban J connectivity index is 1.88. The Morgan fingerprint density at radius 2 is 1.48 bits per heavy atom. The maximum Gasteiger partial charge on any atom is 0.131 e. The van der Waals surface area contributed by atoms with Crippen molar-refractivity contribution in [3.05, 3.63) is 77.8 Å². The van der Waals surface area contributed by atoms with Gasteiger partial charge in [-0.25, -0.2) is 0 Å². The smallest absolute Gasteiger partial charge is 0.131 e. The molecule has 104 valence electrons. The van der Waals surface area contributed by atoms with Crippen LogP contribution in [0.5, 0.6) is 17.2 Å². The summed E-state index contributed by atoms with van der Waals surface area (Å²) in [6.07, 6.45) is 0. The molecule has 0 unspecified atom stereocenters. The molecule has 3 aromatic carbocycles. The van der Waals surface area contributed by atoms with Gasteiger partial charge >= 0.3 is 0 Å². The van der Waals surface area contributed by atoms with E-state index in [4.69, 9.17) is 16.3 Å². The Labute approximate surface area is 128 Å². The van der Waals surface area contributed by atoms with Crippen LogP contribution in [0.4, 0.5) is 0 Å². The highest BCUT2D eigenvalue weighted by molar-refractivity contribution is 6.30. The van der Waals surface area contributed by atoms with Gasteiger partial charge in [0.25, 0.3) is 0 Å². The first-order chi connectivity index (χ1) is 10.2. The first-order valence-electron chi connectivity index (χ1n) is 6.54. The minimum absolute atomic E-state index is 0.172. The number of phenolic OH excluding ortho intramolecular Hbond substituents is 1. The van der Waals surface area contributed by atoms with Crippen LogP contribution in [0.15, 0.2) is 72.8 Å². The molecular formula is C18H13ClO2. The Kier molecular flexibility index (Phi) is 3.80. The van der Waals surface area contributed by atoms with Crippen molar-refractivity contribution in [1.82, 2.24) is 0 Å². The molecule has 0 aromatic heterocycles. The Hall–Kier alpha value is -2.45. The molecular weight excluding hydrogens is 284 g/mol. The van der Waals surface area contributed by atoms with Gasteiger partial charge in [0.15, 0.2) is 0 Å². The van der Waals surface area contributed by atoms with E-state index in [0.717, 1.165) is 16.9 Å². The van der Waals surface area contributed by atoms with Crippen LogP contribution in [0.25, 0.3) is 11.1 Å². The van der Waals surface area contributed by atoms with Gasteiger partial charge in [-0.2, -0.15) is 0 Å². The minimum atomic E-state index is 0.172. The van der Waals surface area contributed by atoms with Gasteiger partial charge in [0.2, 0.25) is 0 Å². The van der Waals surface area contributed by atoms with Crippen LogP contribution in [0.2, 0.25) is 5.02 Å². The van der Waals surface area contributed by atoms with Gasteiger partial charge in [0.1, 0.15) is 17.2 Å². The molecule has 0 radical (unpaired) electrons. The fourth-order valence-electron chi connectivity index (χ4n) is 2.07.